The molecule has 0 spiro atoms. The van der Waals surface area contributed by atoms with Gasteiger partial charge < -0.3 is 14.0 Å². The molecule has 0 radical (unpaired) electrons. The van der Waals surface area contributed by atoms with E-state index in [2.05, 4.69) is 15.2 Å². The molecular weight excluding hydrogens is 248 g/mol. The van der Waals surface area contributed by atoms with E-state index < -0.39 is 5.97 Å². The lowest BCUT2D eigenvalue weighted by molar-refractivity contribution is -0.0587. The number of hydrogen-bond acceptors (Lipinski definition) is 6. The van der Waals surface area contributed by atoms with Crippen LogP contribution in [0.5, 0.6) is 0 Å². The van der Waals surface area contributed by atoms with Gasteiger partial charge in [-0.1, -0.05) is 0 Å². The smallest absolute Gasteiger partial charge is 0.358 e. The highest BCUT2D eigenvalue weighted by Gasteiger charge is 2.20. The van der Waals surface area contributed by atoms with Gasteiger partial charge in [0.25, 0.3) is 0 Å². The minimum atomic E-state index is -0.478. The molecular formula is C12H14N4O3. The van der Waals surface area contributed by atoms with E-state index in [1.54, 1.807) is 19.3 Å². The van der Waals surface area contributed by atoms with Crippen molar-refractivity contribution >= 4 is 17.1 Å². The Kier molecular flexibility index (Phi) is 3.12. The third-order valence-corrected chi connectivity index (χ3v) is 3.04. The number of carbonyl (C=O) groups excluding carboxylic acids is 1. The Morgan fingerprint density at radius 2 is 2.42 bits per heavy atom. The van der Waals surface area contributed by atoms with Crippen LogP contribution in [0.25, 0.3) is 11.2 Å². The molecule has 7 nitrogen and oxygen atoms in total. The van der Waals surface area contributed by atoms with Crippen molar-refractivity contribution in [3.63, 3.8) is 0 Å². The number of carbonyl (C=O) groups is 1. The maximum Gasteiger partial charge on any atom is 0.358 e. The predicted octanol–water partition coefficient (Wildman–Crippen LogP) is 0.792. The first-order valence-electron chi connectivity index (χ1n) is 6.25. The van der Waals surface area contributed by atoms with Crippen LogP contribution in [0.1, 0.15) is 23.8 Å². The van der Waals surface area contributed by atoms with Gasteiger partial charge in [-0.2, -0.15) is 0 Å². The second-order valence-electron chi connectivity index (χ2n) is 4.34. The summed E-state index contributed by atoms with van der Waals surface area (Å²) in [5.74, 6) is -0.478. The maximum atomic E-state index is 11.5. The van der Waals surface area contributed by atoms with Crippen LogP contribution in [0.15, 0.2) is 12.4 Å². The lowest BCUT2D eigenvalue weighted by Gasteiger charge is -2.26. The van der Waals surface area contributed by atoms with E-state index in [1.807, 2.05) is 4.57 Å². The topological polar surface area (TPSA) is 79.1 Å². The molecule has 100 valence electrons. The summed E-state index contributed by atoms with van der Waals surface area (Å²) in [4.78, 5) is 15.8. The molecule has 19 heavy (non-hydrogen) atoms. The summed E-state index contributed by atoms with van der Waals surface area (Å²) in [5.41, 5.74) is 1.47. The summed E-state index contributed by atoms with van der Waals surface area (Å²) in [6, 6.07) is 1.60. The van der Waals surface area contributed by atoms with E-state index in [9.17, 15) is 4.79 Å². The van der Waals surface area contributed by atoms with Crippen LogP contribution in [0.4, 0.5) is 0 Å². The Labute approximate surface area is 109 Å². The van der Waals surface area contributed by atoms with Gasteiger partial charge >= 0.3 is 5.97 Å². The largest absolute Gasteiger partial charge is 0.461 e. The van der Waals surface area contributed by atoms with Gasteiger partial charge in [0.1, 0.15) is 5.52 Å². The Morgan fingerprint density at radius 1 is 1.58 bits per heavy atom. The van der Waals surface area contributed by atoms with Crippen molar-refractivity contribution in [2.75, 3.05) is 13.2 Å². The first-order chi connectivity index (χ1) is 9.28. The average molecular weight is 262 g/mol. The zero-order valence-corrected chi connectivity index (χ0v) is 10.6. The molecule has 1 fully saturated rings. The van der Waals surface area contributed by atoms with Crippen molar-refractivity contribution in [3.8, 4) is 0 Å². The summed E-state index contributed by atoms with van der Waals surface area (Å²) in [6.45, 7) is 3.59. The summed E-state index contributed by atoms with van der Waals surface area (Å²) >= 11 is 0. The first kappa shape index (κ1) is 12.0. The number of aromatic nitrogens is 4. The van der Waals surface area contributed by atoms with Crippen molar-refractivity contribution < 1.29 is 14.3 Å². The van der Waals surface area contributed by atoms with E-state index in [4.69, 9.17) is 9.47 Å². The van der Waals surface area contributed by atoms with Crippen LogP contribution in [-0.4, -0.2) is 45.0 Å². The van der Waals surface area contributed by atoms with E-state index >= 15 is 0 Å². The number of nitrogens with zero attached hydrogens (tertiary/aromatic N) is 4. The Balaban J connectivity index is 1.86. The zero-order valence-electron chi connectivity index (χ0n) is 10.6. The minimum absolute atomic E-state index is 0.180. The number of fused-ring (bicyclic) bond motifs is 1. The van der Waals surface area contributed by atoms with Gasteiger partial charge in [0, 0.05) is 12.7 Å². The monoisotopic (exact) mass is 262 g/mol. The van der Waals surface area contributed by atoms with Gasteiger partial charge in [0.2, 0.25) is 0 Å². The average Bonchev–Trinajstić information content (AvgIpc) is 2.76. The molecule has 0 N–H and O–H groups in total. The predicted molar refractivity (Wildman–Crippen MR) is 65.6 cm³/mol. The second-order valence-corrected chi connectivity index (χ2v) is 4.34. The fourth-order valence-corrected chi connectivity index (χ4v) is 1.95. The standard InChI is InChI=1S/C12H14N4O3/c1-2-18-12(17)10-5-9-11(15-14-10)16(7-13-9)6-8-3-4-19-8/h5,7-8H,2-4,6H2,1H3. The fraction of sp³-hybridized carbons (Fsp3) is 0.500. The molecule has 0 aromatic carbocycles. The van der Waals surface area contributed by atoms with Crippen LogP contribution in [0.3, 0.4) is 0 Å². The van der Waals surface area contributed by atoms with E-state index in [-0.39, 0.29) is 11.8 Å². The summed E-state index contributed by atoms with van der Waals surface area (Å²) in [5, 5.41) is 7.93. The summed E-state index contributed by atoms with van der Waals surface area (Å²) in [6.07, 6.45) is 2.97. The Hall–Kier alpha value is -2.02. The number of hydrogen-bond donors (Lipinski definition) is 0. The molecule has 3 rings (SSSR count). The molecule has 2 aromatic heterocycles. The molecule has 0 aliphatic carbocycles. The van der Waals surface area contributed by atoms with E-state index in [0.29, 0.717) is 24.3 Å². The molecule has 7 heteroatoms. The molecule has 1 saturated heterocycles. The normalized spacial score (nSPS) is 18.3. The molecule has 0 amide bonds. The molecule has 1 aliphatic rings. The lowest BCUT2D eigenvalue weighted by atomic mass is 10.2. The highest BCUT2D eigenvalue weighted by molar-refractivity contribution is 5.90. The quantitative estimate of drug-likeness (QED) is 0.758. The van der Waals surface area contributed by atoms with Crippen molar-refractivity contribution in [1.82, 2.24) is 19.7 Å². The summed E-state index contributed by atoms with van der Waals surface area (Å²) in [7, 11) is 0. The van der Waals surface area contributed by atoms with Gasteiger partial charge in [-0.05, 0) is 13.3 Å². The van der Waals surface area contributed by atoms with Crippen LogP contribution < -0.4 is 0 Å². The third kappa shape index (κ3) is 2.28. The van der Waals surface area contributed by atoms with Crippen molar-refractivity contribution in [3.05, 3.63) is 18.1 Å². The first-order valence-corrected chi connectivity index (χ1v) is 6.25. The van der Waals surface area contributed by atoms with Gasteiger partial charge in [-0.3, -0.25) is 0 Å². The van der Waals surface area contributed by atoms with Crippen LogP contribution in [0.2, 0.25) is 0 Å². The number of esters is 1. The Bertz CT molecular complexity index is 606. The SMILES string of the molecule is CCOC(=O)c1cc2ncn(CC3CCO3)c2nn1. The molecule has 0 bridgehead atoms. The van der Waals surface area contributed by atoms with E-state index in [0.717, 1.165) is 13.0 Å². The Morgan fingerprint density at radius 3 is 3.11 bits per heavy atom. The van der Waals surface area contributed by atoms with Gasteiger partial charge in [0.05, 0.1) is 25.6 Å². The molecule has 1 atom stereocenters. The van der Waals surface area contributed by atoms with Crippen molar-refractivity contribution in [2.45, 2.75) is 26.0 Å². The fourth-order valence-electron chi connectivity index (χ4n) is 1.95. The van der Waals surface area contributed by atoms with Crippen LogP contribution in [0, 0.1) is 0 Å². The molecule has 3 heterocycles. The highest BCUT2D eigenvalue weighted by atomic mass is 16.5. The number of rotatable bonds is 4. The molecule has 0 saturated carbocycles. The van der Waals surface area contributed by atoms with Crippen molar-refractivity contribution in [1.29, 1.82) is 0 Å². The van der Waals surface area contributed by atoms with Gasteiger partial charge in [-0.25, -0.2) is 9.78 Å². The van der Waals surface area contributed by atoms with Crippen LogP contribution in [-0.2, 0) is 16.0 Å². The highest BCUT2D eigenvalue weighted by Crippen LogP contribution is 2.17. The number of ether oxygens (including phenoxy) is 2. The lowest BCUT2D eigenvalue weighted by Crippen LogP contribution is -2.31. The zero-order chi connectivity index (χ0) is 13.2. The third-order valence-electron chi connectivity index (χ3n) is 3.04. The van der Waals surface area contributed by atoms with Crippen molar-refractivity contribution in [2.24, 2.45) is 0 Å². The molecule has 1 unspecified atom stereocenters. The number of imidazole rings is 1. The summed E-state index contributed by atoms with van der Waals surface area (Å²) < 4.78 is 12.1. The molecule has 1 aliphatic heterocycles. The second kappa shape index (κ2) is 4.93. The van der Waals surface area contributed by atoms with E-state index in [1.165, 1.54) is 0 Å². The van der Waals surface area contributed by atoms with Gasteiger partial charge in [0.15, 0.2) is 11.3 Å². The minimum Gasteiger partial charge on any atom is -0.461 e. The molecule has 2 aromatic rings. The van der Waals surface area contributed by atoms with Gasteiger partial charge in [-0.15, -0.1) is 10.2 Å². The maximum absolute atomic E-state index is 11.5. The van der Waals surface area contributed by atoms with Crippen LogP contribution >= 0.6 is 0 Å².